The standard InChI is InChI=1S/C12H18N6S/c13-11-9-15-18(10-11)7-4-16-2-5-17(6-3-16)12-14-1-8-19-12/h1,8-10H,2-7,13H2. The second-order valence-electron chi connectivity index (χ2n) is 4.68. The van der Waals surface area contributed by atoms with E-state index in [9.17, 15) is 0 Å². The quantitative estimate of drug-likeness (QED) is 0.894. The minimum absolute atomic E-state index is 0.730. The first kappa shape index (κ1) is 12.4. The number of nitrogens with zero attached hydrogens (tertiary/aromatic N) is 5. The summed E-state index contributed by atoms with van der Waals surface area (Å²) in [7, 11) is 0. The molecule has 6 nitrogen and oxygen atoms in total. The third-order valence-corrected chi connectivity index (χ3v) is 4.19. The van der Waals surface area contributed by atoms with Gasteiger partial charge in [0.05, 0.1) is 18.4 Å². The van der Waals surface area contributed by atoms with Gasteiger partial charge < -0.3 is 10.6 Å². The maximum absolute atomic E-state index is 5.65. The van der Waals surface area contributed by atoms with Crippen molar-refractivity contribution in [1.82, 2.24) is 19.7 Å². The van der Waals surface area contributed by atoms with Crippen molar-refractivity contribution in [2.24, 2.45) is 0 Å². The first-order valence-electron chi connectivity index (χ1n) is 6.46. The van der Waals surface area contributed by atoms with Gasteiger partial charge in [-0.15, -0.1) is 11.3 Å². The van der Waals surface area contributed by atoms with E-state index in [0.29, 0.717) is 0 Å². The minimum atomic E-state index is 0.730. The summed E-state index contributed by atoms with van der Waals surface area (Å²) in [6.45, 7) is 6.18. The summed E-state index contributed by atoms with van der Waals surface area (Å²) in [5, 5.41) is 7.37. The van der Waals surface area contributed by atoms with E-state index in [4.69, 9.17) is 5.73 Å². The van der Waals surface area contributed by atoms with Gasteiger partial charge in [-0.25, -0.2) is 4.98 Å². The fourth-order valence-electron chi connectivity index (χ4n) is 2.28. The molecule has 19 heavy (non-hydrogen) atoms. The third kappa shape index (κ3) is 3.05. The largest absolute Gasteiger partial charge is 0.396 e. The van der Waals surface area contributed by atoms with E-state index < -0.39 is 0 Å². The Labute approximate surface area is 116 Å². The average Bonchev–Trinajstić information content (AvgIpc) is 3.08. The van der Waals surface area contributed by atoms with Gasteiger partial charge >= 0.3 is 0 Å². The number of thiazole rings is 1. The molecule has 1 aliphatic heterocycles. The number of hydrogen-bond acceptors (Lipinski definition) is 6. The zero-order valence-electron chi connectivity index (χ0n) is 10.8. The Morgan fingerprint density at radius 2 is 2.05 bits per heavy atom. The minimum Gasteiger partial charge on any atom is -0.396 e. The van der Waals surface area contributed by atoms with Gasteiger partial charge in [0.25, 0.3) is 0 Å². The number of aromatic nitrogens is 3. The van der Waals surface area contributed by atoms with Crippen molar-refractivity contribution >= 4 is 22.2 Å². The predicted molar refractivity (Wildman–Crippen MR) is 77.4 cm³/mol. The molecule has 0 amide bonds. The summed E-state index contributed by atoms with van der Waals surface area (Å²) in [5.41, 5.74) is 6.38. The highest BCUT2D eigenvalue weighted by atomic mass is 32.1. The predicted octanol–water partition coefficient (Wildman–Crippen LogP) is 0.744. The molecule has 3 heterocycles. The van der Waals surface area contributed by atoms with Crippen LogP contribution in [-0.4, -0.2) is 52.4 Å². The number of hydrogen-bond donors (Lipinski definition) is 1. The van der Waals surface area contributed by atoms with Crippen molar-refractivity contribution in [1.29, 1.82) is 0 Å². The van der Waals surface area contributed by atoms with E-state index in [1.165, 1.54) is 0 Å². The summed E-state index contributed by atoms with van der Waals surface area (Å²) in [6.07, 6.45) is 5.45. The summed E-state index contributed by atoms with van der Waals surface area (Å²) >= 11 is 1.71. The van der Waals surface area contributed by atoms with Gasteiger partial charge in [-0.3, -0.25) is 9.58 Å². The molecule has 102 valence electrons. The van der Waals surface area contributed by atoms with Crippen LogP contribution in [0.25, 0.3) is 0 Å². The number of anilines is 2. The van der Waals surface area contributed by atoms with Crippen LogP contribution in [0.4, 0.5) is 10.8 Å². The topological polar surface area (TPSA) is 63.2 Å². The SMILES string of the molecule is Nc1cnn(CCN2CCN(c3nccs3)CC2)c1. The molecule has 0 unspecified atom stereocenters. The van der Waals surface area contributed by atoms with Gasteiger partial charge in [-0.2, -0.15) is 5.10 Å². The molecule has 0 aromatic carbocycles. The molecule has 3 rings (SSSR count). The molecule has 1 fully saturated rings. The smallest absolute Gasteiger partial charge is 0.185 e. The molecule has 0 atom stereocenters. The highest BCUT2D eigenvalue weighted by molar-refractivity contribution is 7.13. The lowest BCUT2D eigenvalue weighted by molar-refractivity contribution is 0.244. The summed E-state index contributed by atoms with van der Waals surface area (Å²) in [6, 6.07) is 0. The molecular formula is C12H18N6S. The van der Waals surface area contributed by atoms with Gasteiger partial charge in [0.2, 0.25) is 0 Å². The molecule has 0 aliphatic carbocycles. The van der Waals surface area contributed by atoms with Gasteiger partial charge in [-0.1, -0.05) is 0 Å². The second kappa shape index (κ2) is 5.58. The van der Waals surface area contributed by atoms with Crippen LogP contribution in [0.1, 0.15) is 0 Å². The zero-order valence-corrected chi connectivity index (χ0v) is 11.6. The molecule has 0 bridgehead atoms. The maximum Gasteiger partial charge on any atom is 0.185 e. The fraction of sp³-hybridized carbons (Fsp3) is 0.500. The molecular weight excluding hydrogens is 260 g/mol. The van der Waals surface area contributed by atoms with Crippen LogP contribution in [0.15, 0.2) is 24.0 Å². The van der Waals surface area contributed by atoms with Crippen LogP contribution in [0, 0.1) is 0 Å². The van der Waals surface area contributed by atoms with Gasteiger partial charge in [0, 0.05) is 50.5 Å². The van der Waals surface area contributed by atoms with Crippen molar-refractivity contribution in [2.75, 3.05) is 43.4 Å². The molecule has 0 radical (unpaired) electrons. The first-order valence-corrected chi connectivity index (χ1v) is 7.34. The molecule has 7 heteroatoms. The lowest BCUT2D eigenvalue weighted by Gasteiger charge is -2.34. The van der Waals surface area contributed by atoms with Crippen LogP contribution < -0.4 is 10.6 Å². The van der Waals surface area contributed by atoms with E-state index in [1.54, 1.807) is 17.5 Å². The highest BCUT2D eigenvalue weighted by Gasteiger charge is 2.18. The van der Waals surface area contributed by atoms with Crippen LogP contribution in [0.3, 0.4) is 0 Å². The van der Waals surface area contributed by atoms with Crippen LogP contribution in [0.5, 0.6) is 0 Å². The molecule has 0 saturated carbocycles. The lowest BCUT2D eigenvalue weighted by Crippen LogP contribution is -2.47. The van der Waals surface area contributed by atoms with Gasteiger partial charge in [0.1, 0.15) is 0 Å². The number of piperazine rings is 1. The van der Waals surface area contributed by atoms with Crippen LogP contribution in [0.2, 0.25) is 0 Å². The van der Waals surface area contributed by atoms with E-state index in [0.717, 1.165) is 50.1 Å². The zero-order chi connectivity index (χ0) is 13.1. The molecule has 2 aromatic rings. The van der Waals surface area contributed by atoms with Crippen molar-refractivity contribution in [3.8, 4) is 0 Å². The summed E-state index contributed by atoms with van der Waals surface area (Å²) in [5.74, 6) is 0. The summed E-state index contributed by atoms with van der Waals surface area (Å²) < 4.78 is 1.91. The lowest BCUT2D eigenvalue weighted by atomic mass is 10.3. The fourth-order valence-corrected chi connectivity index (χ4v) is 2.98. The second-order valence-corrected chi connectivity index (χ2v) is 5.55. The van der Waals surface area contributed by atoms with E-state index in [1.807, 2.05) is 22.5 Å². The first-order chi connectivity index (χ1) is 9.31. The van der Waals surface area contributed by atoms with E-state index in [-0.39, 0.29) is 0 Å². The maximum atomic E-state index is 5.65. The highest BCUT2D eigenvalue weighted by Crippen LogP contribution is 2.18. The Morgan fingerprint density at radius 1 is 1.21 bits per heavy atom. The van der Waals surface area contributed by atoms with Crippen molar-refractivity contribution in [2.45, 2.75) is 6.54 Å². The van der Waals surface area contributed by atoms with Crippen molar-refractivity contribution < 1.29 is 0 Å². The molecule has 2 aromatic heterocycles. The Hall–Kier alpha value is -1.60. The Kier molecular flexibility index (Phi) is 3.65. The number of nitrogens with two attached hydrogens (primary N) is 1. The van der Waals surface area contributed by atoms with E-state index >= 15 is 0 Å². The number of rotatable bonds is 4. The third-order valence-electron chi connectivity index (χ3n) is 3.36. The monoisotopic (exact) mass is 278 g/mol. The number of nitrogen functional groups attached to an aromatic ring is 1. The van der Waals surface area contributed by atoms with Crippen molar-refractivity contribution in [3.05, 3.63) is 24.0 Å². The Morgan fingerprint density at radius 3 is 2.68 bits per heavy atom. The molecule has 2 N–H and O–H groups in total. The Bertz CT molecular complexity index is 500. The Balaban J connectivity index is 1.45. The van der Waals surface area contributed by atoms with Crippen LogP contribution in [-0.2, 0) is 6.54 Å². The normalized spacial score (nSPS) is 16.9. The molecule has 0 spiro atoms. The van der Waals surface area contributed by atoms with Gasteiger partial charge in [-0.05, 0) is 0 Å². The van der Waals surface area contributed by atoms with Crippen molar-refractivity contribution in [3.63, 3.8) is 0 Å². The van der Waals surface area contributed by atoms with E-state index in [2.05, 4.69) is 19.9 Å². The molecule has 1 saturated heterocycles. The van der Waals surface area contributed by atoms with Crippen LogP contribution >= 0.6 is 11.3 Å². The average molecular weight is 278 g/mol. The summed E-state index contributed by atoms with van der Waals surface area (Å²) in [4.78, 5) is 9.17. The molecule has 1 aliphatic rings. The van der Waals surface area contributed by atoms with Gasteiger partial charge in [0.15, 0.2) is 5.13 Å².